The molecular formula is C16H29Cl2N11O4. The molecule has 4 bridgehead atoms. The maximum absolute atomic E-state index is 12.3. The van der Waals surface area contributed by atoms with Gasteiger partial charge in [-0.25, -0.2) is 15.3 Å². The van der Waals surface area contributed by atoms with Gasteiger partial charge in [-0.1, -0.05) is 12.8 Å². The van der Waals surface area contributed by atoms with Gasteiger partial charge in [0.05, 0.1) is 12.4 Å². The van der Waals surface area contributed by atoms with Crippen LogP contribution in [0, 0.1) is 15.8 Å². The van der Waals surface area contributed by atoms with Gasteiger partial charge < -0.3 is 21.9 Å². The molecule has 7 N–H and O–H groups in total. The zero-order valence-electron chi connectivity index (χ0n) is 18.2. The number of hydrogen-bond acceptors (Lipinski definition) is 7. The Morgan fingerprint density at radius 3 is 1.67 bits per heavy atom. The monoisotopic (exact) mass is 509 g/mol. The van der Waals surface area contributed by atoms with Crippen molar-refractivity contribution in [3.63, 3.8) is 0 Å². The van der Waals surface area contributed by atoms with Crippen LogP contribution in [0.15, 0.2) is 17.4 Å². The summed E-state index contributed by atoms with van der Waals surface area (Å²) in [6, 6.07) is 0. The van der Waals surface area contributed by atoms with Crippen molar-refractivity contribution in [2.24, 2.45) is 16.5 Å². The van der Waals surface area contributed by atoms with E-state index in [9.17, 15) is 20.8 Å². The van der Waals surface area contributed by atoms with Crippen LogP contribution in [-0.4, -0.2) is 55.5 Å². The van der Waals surface area contributed by atoms with Crippen molar-refractivity contribution >= 4 is 60.3 Å². The molecule has 186 valence electrons. The molecule has 0 radical (unpaired) electrons. The summed E-state index contributed by atoms with van der Waals surface area (Å²) in [5.41, 5.74) is 10.8. The van der Waals surface area contributed by atoms with Gasteiger partial charge in [-0.05, 0) is 12.8 Å². The van der Waals surface area contributed by atoms with Gasteiger partial charge in [0.15, 0.2) is 17.6 Å². The van der Waals surface area contributed by atoms with Crippen LogP contribution in [0.4, 0.5) is 23.5 Å². The van der Waals surface area contributed by atoms with Crippen molar-refractivity contribution in [3.05, 3.63) is 22.8 Å². The largest absolute Gasteiger partial charge is 0.591 e. The quantitative estimate of drug-likeness (QED) is 0.171. The number of quaternary nitrogens is 2. The Kier molecular flexibility index (Phi) is 9.18. The van der Waals surface area contributed by atoms with E-state index in [4.69, 9.17) is 16.9 Å². The number of nitrogens with two attached hydrogens (primary N) is 2. The van der Waals surface area contributed by atoms with Gasteiger partial charge in [0.1, 0.15) is 14.1 Å². The highest BCUT2D eigenvalue weighted by atomic mass is 35.5. The second-order valence-electron chi connectivity index (χ2n) is 7.55. The molecule has 2 aromatic heterocycles. The predicted octanol–water partition coefficient (Wildman–Crippen LogP) is 1.49. The molecule has 3 heterocycles. The van der Waals surface area contributed by atoms with Gasteiger partial charge >= 0.3 is 11.9 Å². The maximum Gasteiger partial charge on any atom is 0.344 e. The number of aromatic nitrogens is 4. The van der Waals surface area contributed by atoms with E-state index in [1.165, 1.54) is 21.5 Å². The van der Waals surface area contributed by atoms with Gasteiger partial charge in [0.2, 0.25) is 5.96 Å². The summed E-state index contributed by atoms with van der Waals surface area (Å²) in [6.07, 6.45) is 6.02. The lowest BCUT2D eigenvalue weighted by Gasteiger charge is -2.26. The second-order valence-corrected chi connectivity index (χ2v) is 7.55. The number of imidazole rings is 2. The number of fused-ring (bicyclic) bond motifs is 4. The van der Waals surface area contributed by atoms with Gasteiger partial charge in [-0.15, -0.1) is 24.8 Å². The van der Waals surface area contributed by atoms with Crippen LogP contribution in [0.1, 0.15) is 25.7 Å². The number of hydroxylamine groups is 4. The molecule has 0 saturated carbocycles. The van der Waals surface area contributed by atoms with E-state index in [0.717, 1.165) is 31.8 Å². The first kappa shape index (κ1) is 28.5. The summed E-state index contributed by atoms with van der Waals surface area (Å²) in [7, 11) is 2.02. The number of hydrogen-bond donors (Lipinski definition) is 5. The molecule has 0 saturated heterocycles. The van der Waals surface area contributed by atoms with Crippen molar-refractivity contribution in [2.45, 2.75) is 38.8 Å². The Hall–Kier alpha value is -2.50. The molecule has 1 aliphatic rings. The van der Waals surface area contributed by atoms with Gasteiger partial charge in [0.25, 0.3) is 0 Å². The number of aryl methyl sites for hydroxylation is 2. The number of halogens is 2. The fraction of sp³-hybridized carbons (Fsp3) is 0.500. The minimum atomic E-state index is -1.78. The van der Waals surface area contributed by atoms with Crippen molar-refractivity contribution in [1.29, 1.82) is 5.41 Å². The van der Waals surface area contributed by atoms with E-state index in [1.54, 1.807) is 0 Å². The first-order chi connectivity index (χ1) is 14.4. The number of nitrogens with zero attached hydrogens (tertiary/aromatic N) is 8. The minimum Gasteiger partial charge on any atom is -0.591 e. The third-order valence-corrected chi connectivity index (χ3v) is 4.68. The number of anilines is 2. The Balaban J connectivity index is 0.00000272. The molecule has 15 nitrogen and oxygen atoms in total. The molecule has 17 heteroatoms. The van der Waals surface area contributed by atoms with Crippen LogP contribution in [-0.2, 0) is 13.1 Å². The van der Waals surface area contributed by atoms with E-state index < -0.39 is 21.5 Å². The number of aliphatic imine (C=N–C) groups is 1. The van der Waals surface area contributed by atoms with E-state index >= 15 is 0 Å². The Morgan fingerprint density at radius 2 is 1.33 bits per heavy atom. The molecule has 2 aromatic rings. The maximum atomic E-state index is 12.3. The van der Waals surface area contributed by atoms with Crippen LogP contribution >= 0.6 is 24.8 Å². The average Bonchev–Trinajstić information content (AvgIpc) is 3.22. The highest BCUT2D eigenvalue weighted by molar-refractivity contribution is 6.05. The first-order valence-electron chi connectivity index (χ1n) is 9.62. The standard InChI is InChI=1S/C16H27N11O4.2ClH/c1-26(28,29)15-20-11-9-23(15)7-5-3-4-6-8-24-10-12(21-16(24)27(2,30)31)25(11)14(19)22-13(17)18;;/h9-10,28,30H,3-8H2,1-2H3,(H5,17,18,19,22);2*1H. The van der Waals surface area contributed by atoms with Gasteiger partial charge in [-0.2, -0.15) is 24.6 Å². The van der Waals surface area contributed by atoms with Crippen molar-refractivity contribution in [3.8, 4) is 0 Å². The molecule has 0 aliphatic carbocycles. The molecule has 2 unspecified atom stereocenters. The molecule has 0 spiro atoms. The van der Waals surface area contributed by atoms with E-state index in [2.05, 4.69) is 15.0 Å². The van der Waals surface area contributed by atoms with Crippen LogP contribution in [0.3, 0.4) is 0 Å². The van der Waals surface area contributed by atoms with E-state index in [1.807, 2.05) is 0 Å². The van der Waals surface area contributed by atoms with Crippen LogP contribution in [0.25, 0.3) is 0 Å². The lowest BCUT2D eigenvalue weighted by molar-refractivity contribution is -0.0146. The van der Waals surface area contributed by atoms with Gasteiger partial charge in [-0.3, -0.25) is 14.5 Å². The molecule has 33 heavy (non-hydrogen) atoms. The van der Waals surface area contributed by atoms with E-state index in [0.29, 0.717) is 25.9 Å². The van der Waals surface area contributed by atoms with Crippen LogP contribution in [0.2, 0.25) is 0 Å². The van der Waals surface area contributed by atoms with Crippen LogP contribution < -0.4 is 26.0 Å². The summed E-state index contributed by atoms with van der Waals surface area (Å²) in [6.45, 7) is 0.845. The Labute approximate surface area is 202 Å². The lowest BCUT2D eigenvalue weighted by atomic mass is 10.2. The molecule has 2 atom stereocenters. The summed E-state index contributed by atoms with van der Waals surface area (Å²) in [4.78, 5) is 9.67. The van der Waals surface area contributed by atoms with Crippen molar-refractivity contribution in [2.75, 3.05) is 19.0 Å². The molecule has 1 aliphatic heterocycles. The minimum absolute atomic E-state index is 0. The topological polar surface area (TPSA) is 214 Å². The lowest BCUT2D eigenvalue weighted by Crippen LogP contribution is -2.36. The molecule has 0 amide bonds. The van der Waals surface area contributed by atoms with Crippen molar-refractivity contribution < 1.29 is 10.4 Å². The highest BCUT2D eigenvalue weighted by Gasteiger charge is 2.31. The van der Waals surface area contributed by atoms with Crippen LogP contribution in [0.5, 0.6) is 0 Å². The summed E-state index contributed by atoms with van der Waals surface area (Å²) in [5.74, 6) is -1.23. The summed E-state index contributed by atoms with van der Waals surface area (Å²) in [5, 5.41) is 52.8. The molecule has 3 rings (SSSR count). The molecule has 0 aromatic carbocycles. The number of nitrogens with one attached hydrogen (secondary N) is 1. The fourth-order valence-electron chi connectivity index (χ4n) is 3.42. The molecular weight excluding hydrogens is 481 g/mol. The number of guanidine groups is 2. The van der Waals surface area contributed by atoms with Gasteiger partial charge in [0, 0.05) is 13.1 Å². The smallest absolute Gasteiger partial charge is 0.344 e. The zero-order valence-corrected chi connectivity index (χ0v) is 19.8. The van der Waals surface area contributed by atoms with Crippen molar-refractivity contribution in [1.82, 2.24) is 28.7 Å². The fourth-order valence-corrected chi connectivity index (χ4v) is 3.42. The zero-order chi connectivity index (χ0) is 23.0. The third kappa shape index (κ3) is 6.52. The molecule has 0 fully saturated rings. The Morgan fingerprint density at radius 1 is 0.939 bits per heavy atom. The SMILES string of the molecule is C[N+]([O-])(O)c1nc2cn1CCCCCCn1cc(nc1[N+](C)([O-])O)N2C(=N)N=C(N)N.Cl.Cl. The normalized spacial score (nSPS) is 17.6. The number of rotatable bonds is 2. The average molecular weight is 510 g/mol. The summed E-state index contributed by atoms with van der Waals surface area (Å²) < 4.78 is 2.99. The third-order valence-electron chi connectivity index (χ3n) is 4.68. The Bertz CT molecular complexity index is 925. The summed E-state index contributed by atoms with van der Waals surface area (Å²) >= 11 is 0. The highest BCUT2D eigenvalue weighted by Crippen LogP contribution is 2.32. The second kappa shape index (κ2) is 10.6. The first-order valence-corrected chi connectivity index (χ1v) is 9.62. The predicted molar refractivity (Wildman–Crippen MR) is 129 cm³/mol. The van der Waals surface area contributed by atoms with E-state index in [-0.39, 0.29) is 48.3 Å².